The molecule has 8 heteroatoms. The standard InChI is InChI=1S/C26H29FN4O3/c1-16(2)19-9-10-21(28-13-19)25(18-7-5-4-6-8-18)30-26(33)22-11-20(27)14-31(22)24(32)12-23-29-17(3)15-34-23/h4-10,13,15-16,20,22,25H,11-12,14H2,1-3H3,(H,30,33)/t20-,22+,25+/m1/s1. The molecular formula is C26H29FN4O3. The van der Waals surface area contributed by atoms with Crippen LogP contribution in [0.4, 0.5) is 4.39 Å². The van der Waals surface area contributed by atoms with E-state index in [0.717, 1.165) is 11.1 Å². The van der Waals surface area contributed by atoms with Crippen molar-refractivity contribution < 1.29 is 18.4 Å². The van der Waals surface area contributed by atoms with Crippen LogP contribution < -0.4 is 5.32 Å². The van der Waals surface area contributed by atoms with E-state index in [2.05, 4.69) is 29.1 Å². The number of oxazole rings is 1. The van der Waals surface area contributed by atoms with Crippen molar-refractivity contribution in [2.24, 2.45) is 0 Å². The number of likely N-dealkylation sites (tertiary alicyclic amines) is 1. The van der Waals surface area contributed by atoms with E-state index in [-0.39, 0.29) is 25.3 Å². The zero-order valence-electron chi connectivity index (χ0n) is 19.6. The van der Waals surface area contributed by atoms with E-state index in [0.29, 0.717) is 17.3 Å². The summed E-state index contributed by atoms with van der Waals surface area (Å²) in [5.74, 6) is -0.225. The molecule has 4 rings (SSSR count). The molecule has 1 saturated heterocycles. The quantitative estimate of drug-likeness (QED) is 0.573. The fraction of sp³-hybridized carbons (Fsp3) is 0.385. The Morgan fingerprint density at radius 3 is 2.56 bits per heavy atom. The minimum Gasteiger partial charge on any atom is -0.448 e. The lowest BCUT2D eigenvalue weighted by atomic mass is 10.00. The second kappa shape index (κ2) is 10.2. The minimum atomic E-state index is -1.27. The summed E-state index contributed by atoms with van der Waals surface area (Å²) in [4.78, 5) is 36.3. The number of nitrogens with zero attached hydrogens (tertiary/aromatic N) is 3. The lowest BCUT2D eigenvalue weighted by molar-refractivity contribution is -0.138. The van der Waals surface area contributed by atoms with Crippen molar-refractivity contribution in [3.8, 4) is 0 Å². The maximum absolute atomic E-state index is 14.4. The number of aromatic nitrogens is 2. The molecule has 178 valence electrons. The van der Waals surface area contributed by atoms with Crippen LogP contribution in [0, 0.1) is 6.92 Å². The SMILES string of the molecule is Cc1coc(CC(=O)N2C[C@H](F)C[C@H]2C(=O)N[C@@H](c2ccccc2)c2ccc(C(C)C)cn2)n1. The van der Waals surface area contributed by atoms with Crippen molar-refractivity contribution >= 4 is 11.8 Å². The van der Waals surface area contributed by atoms with Crippen LogP contribution in [0.1, 0.15) is 60.6 Å². The van der Waals surface area contributed by atoms with E-state index < -0.39 is 30.1 Å². The summed E-state index contributed by atoms with van der Waals surface area (Å²) in [6, 6.07) is 11.9. The second-order valence-corrected chi connectivity index (χ2v) is 8.98. The Morgan fingerprint density at radius 1 is 1.18 bits per heavy atom. The van der Waals surface area contributed by atoms with Crippen molar-refractivity contribution in [1.29, 1.82) is 0 Å². The van der Waals surface area contributed by atoms with E-state index in [4.69, 9.17) is 4.42 Å². The molecule has 7 nitrogen and oxygen atoms in total. The highest BCUT2D eigenvalue weighted by molar-refractivity contribution is 5.89. The van der Waals surface area contributed by atoms with Crippen molar-refractivity contribution in [3.63, 3.8) is 0 Å². The Balaban J connectivity index is 1.55. The number of alkyl halides is 1. The molecular weight excluding hydrogens is 435 g/mol. The van der Waals surface area contributed by atoms with Gasteiger partial charge in [-0.05, 0) is 30.0 Å². The third kappa shape index (κ3) is 5.32. The third-order valence-electron chi connectivity index (χ3n) is 6.03. The van der Waals surface area contributed by atoms with Gasteiger partial charge >= 0.3 is 0 Å². The molecule has 1 aliphatic rings. The smallest absolute Gasteiger partial charge is 0.243 e. The zero-order chi connectivity index (χ0) is 24.2. The molecule has 0 unspecified atom stereocenters. The molecule has 1 aromatic carbocycles. The van der Waals surface area contributed by atoms with Gasteiger partial charge in [0.05, 0.1) is 24.0 Å². The summed E-state index contributed by atoms with van der Waals surface area (Å²) in [6.45, 7) is 5.80. The first-order valence-electron chi connectivity index (χ1n) is 11.5. The first-order valence-corrected chi connectivity index (χ1v) is 11.5. The highest BCUT2D eigenvalue weighted by Crippen LogP contribution is 2.26. The number of halogens is 1. The zero-order valence-corrected chi connectivity index (χ0v) is 19.6. The second-order valence-electron chi connectivity index (χ2n) is 8.98. The van der Waals surface area contributed by atoms with Crippen LogP contribution in [0.5, 0.6) is 0 Å². The number of benzene rings is 1. The maximum Gasteiger partial charge on any atom is 0.243 e. The fourth-order valence-electron chi connectivity index (χ4n) is 4.16. The molecule has 3 aromatic rings. The monoisotopic (exact) mass is 464 g/mol. The van der Waals surface area contributed by atoms with Gasteiger partial charge in [-0.3, -0.25) is 14.6 Å². The van der Waals surface area contributed by atoms with Crippen molar-refractivity contribution in [2.45, 2.75) is 57.8 Å². The molecule has 1 fully saturated rings. The van der Waals surface area contributed by atoms with Gasteiger partial charge in [0.2, 0.25) is 17.7 Å². The molecule has 0 saturated carbocycles. The average Bonchev–Trinajstić information content (AvgIpc) is 3.43. The highest BCUT2D eigenvalue weighted by atomic mass is 19.1. The van der Waals surface area contributed by atoms with E-state index in [1.54, 1.807) is 6.92 Å². The van der Waals surface area contributed by atoms with Crippen LogP contribution in [0.15, 0.2) is 59.3 Å². The highest BCUT2D eigenvalue weighted by Gasteiger charge is 2.40. The number of rotatable bonds is 7. The molecule has 0 spiro atoms. The molecule has 3 atom stereocenters. The topological polar surface area (TPSA) is 88.3 Å². The van der Waals surface area contributed by atoms with Gasteiger partial charge in [0, 0.05) is 12.6 Å². The number of pyridine rings is 1. The summed E-state index contributed by atoms with van der Waals surface area (Å²) in [5, 5.41) is 3.01. The number of nitrogens with one attached hydrogen (secondary N) is 1. The molecule has 0 radical (unpaired) electrons. The van der Waals surface area contributed by atoms with E-state index in [1.165, 1.54) is 11.2 Å². The number of carbonyl (C=O) groups excluding carboxylic acids is 2. The Morgan fingerprint density at radius 2 is 1.94 bits per heavy atom. The Labute approximate surface area is 198 Å². The average molecular weight is 465 g/mol. The van der Waals surface area contributed by atoms with Gasteiger partial charge < -0.3 is 14.6 Å². The number of aryl methyl sites for hydroxylation is 1. The Bertz CT molecular complexity index is 1130. The Kier molecular flexibility index (Phi) is 7.05. The molecule has 3 heterocycles. The first-order chi connectivity index (χ1) is 16.3. The summed E-state index contributed by atoms with van der Waals surface area (Å²) < 4.78 is 19.6. The van der Waals surface area contributed by atoms with Crippen molar-refractivity contribution in [3.05, 3.63) is 83.3 Å². The predicted molar refractivity (Wildman–Crippen MR) is 125 cm³/mol. The van der Waals surface area contributed by atoms with Gasteiger partial charge in [0.25, 0.3) is 0 Å². The van der Waals surface area contributed by atoms with Gasteiger partial charge in [0.1, 0.15) is 24.9 Å². The molecule has 0 bridgehead atoms. The van der Waals surface area contributed by atoms with Crippen LogP contribution in [0.2, 0.25) is 0 Å². The third-order valence-corrected chi connectivity index (χ3v) is 6.03. The van der Waals surface area contributed by atoms with Crippen molar-refractivity contribution in [1.82, 2.24) is 20.2 Å². The van der Waals surface area contributed by atoms with Gasteiger partial charge in [-0.1, -0.05) is 50.2 Å². The summed E-state index contributed by atoms with van der Waals surface area (Å²) in [5.41, 5.74) is 3.27. The first kappa shape index (κ1) is 23.6. The number of carbonyl (C=O) groups is 2. The largest absolute Gasteiger partial charge is 0.448 e. The molecule has 2 amide bonds. The Hall–Kier alpha value is -3.55. The molecule has 1 aliphatic heterocycles. The number of amides is 2. The maximum atomic E-state index is 14.4. The van der Waals surface area contributed by atoms with E-state index in [9.17, 15) is 14.0 Å². The lowest BCUT2D eigenvalue weighted by Crippen LogP contribution is -2.47. The van der Waals surface area contributed by atoms with Crippen LogP contribution in [0.25, 0.3) is 0 Å². The normalized spacial score (nSPS) is 18.8. The summed E-state index contributed by atoms with van der Waals surface area (Å²) in [7, 11) is 0. The van der Waals surface area contributed by atoms with Gasteiger partial charge in [-0.15, -0.1) is 0 Å². The molecule has 0 aliphatic carbocycles. The van der Waals surface area contributed by atoms with Crippen LogP contribution in [-0.4, -0.2) is 45.4 Å². The van der Waals surface area contributed by atoms with Gasteiger partial charge in [-0.2, -0.15) is 0 Å². The van der Waals surface area contributed by atoms with Crippen LogP contribution in [-0.2, 0) is 16.0 Å². The molecule has 1 N–H and O–H groups in total. The summed E-state index contributed by atoms with van der Waals surface area (Å²) in [6.07, 6.45) is 1.82. The number of hydrogen-bond donors (Lipinski definition) is 1. The van der Waals surface area contributed by atoms with Crippen molar-refractivity contribution in [2.75, 3.05) is 6.54 Å². The van der Waals surface area contributed by atoms with Gasteiger partial charge in [0.15, 0.2) is 0 Å². The number of hydrogen-bond acceptors (Lipinski definition) is 5. The van der Waals surface area contributed by atoms with Crippen LogP contribution >= 0.6 is 0 Å². The predicted octanol–water partition coefficient (Wildman–Crippen LogP) is 3.89. The summed E-state index contributed by atoms with van der Waals surface area (Å²) >= 11 is 0. The lowest BCUT2D eigenvalue weighted by Gasteiger charge is -2.26. The van der Waals surface area contributed by atoms with E-state index >= 15 is 0 Å². The van der Waals surface area contributed by atoms with Gasteiger partial charge in [-0.25, -0.2) is 9.37 Å². The minimum absolute atomic E-state index is 0.0522. The fourth-order valence-corrected chi connectivity index (χ4v) is 4.16. The van der Waals surface area contributed by atoms with Crippen LogP contribution in [0.3, 0.4) is 0 Å². The molecule has 34 heavy (non-hydrogen) atoms. The van der Waals surface area contributed by atoms with E-state index in [1.807, 2.05) is 48.7 Å². The molecule has 2 aromatic heterocycles.